The van der Waals surface area contributed by atoms with Crippen LogP contribution in [-0.4, -0.2) is 38.5 Å². The molecule has 0 saturated heterocycles. The van der Waals surface area contributed by atoms with E-state index in [0.717, 1.165) is 4.88 Å². The first-order chi connectivity index (χ1) is 11.3. The second-order valence-electron chi connectivity index (χ2n) is 4.92. The van der Waals surface area contributed by atoms with Crippen molar-refractivity contribution in [1.29, 1.82) is 0 Å². The first-order valence-corrected chi connectivity index (χ1v) is 9.45. The molecule has 2 N–H and O–H groups in total. The Morgan fingerprint density at radius 3 is 2.62 bits per heavy atom. The molecule has 1 heterocycles. The lowest BCUT2D eigenvalue weighted by molar-refractivity contribution is -0.142. The van der Waals surface area contributed by atoms with Crippen molar-refractivity contribution in [3.63, 3.8) is 0 Å². The second-order valence-corrected chi connectivity index (χ2v) is 7.48. The molecule has 0 aliphatic heterocycles. The van der Waals surface area contributed by atoms with Crippen LogP contribution in [0.1, 0.15) is 22.2 Å². The molecule has 128 valence electrons. The molecule has 2 aromatic rings. The maximum absolute atomic E-state index is 12.1. The standard InChI is InChI=1S/C15H16N2O5S2/c1-9(18)14(20)22-11-5-3-10(4-6-11)13(19)17-15-16-7-12(23-15)8-24(2)21/h3-7,9,18H,8H2,1-2H3,(H,16,17,19)/t9-,24?/m0/s1. The average molecular weight is 368 g/mol. The van der Waals surface area contributed by atoms with Gasteiger partial charge in [-0.25, -0.2) is 9.78 Å². The largest absolute Gasteiger partial charge is 0.425 e. The number of hydrogen-bond donors (Lipinski definition) is 2. The van der Waals surface area contributed by atoms with Crippen LogP contribution in [0.3, 0.4) is 0 Å². The van der Waals surface area contributed by atoms with Crippen molar-refractivity contribution in [1.82, 2.24) is 4.98 Å². The van der Waals surface area contributed by atoms with Gasteiger partial charge in [-0.15, -0.1) is 11.3 Å². The Kier molecular flexibility index (Phi) is 6.18. The molecule has 7 nitrogen and oxygen atoms in total. The zero-order valence-corrected chi connectivity index (χ0v) is 14.6. The average Bonchev–Trinajstić information content (AvgIpc) is 2.94. The monoisotopic (exact) mass is 368 g/mol. The Morgan fingerprint density at radius 2 is 2.04 bits per heavy atom. The summed E-state index contributed by atoms with van der Waals surface area (Å²) in [6.45, 7) is 1.31. The number of thiazole rings is 1. The molecule has 1 aromatic heterocycles. The number of carbonyl (C=O) groups excluding carboxylic acids is 2. The van der Waals surface area contributed by atoms with Gasteiger partial charge in [-0.05, 0) is 31.2 Å². The van der Waals surface area contributed by atoms with Crippen LogP contribution in [0.4, 0.5) is 5.13 Å². The van der Waals surface area contributed by atoms with E-state index in [1.165, 1.54) is 42.5 Å². The first-order valence-electron chi connectivity index (χ1n) is 6.91. The quantitative estimate of drug-likeness (QED) is 0.592. The molecule has 1 unspecified atom stereocenters. The molecule has 1 amide bonds. The first kappa shape index (κ1) is 18.2. The van der Waals surface area contributed by atoms with Gasteiger partial charge in [-0.1, -0.05) is 0 Å². The predicted octanol–water partition coefficient (Wildman–Crippen LogP) is 1.56. The fraction of sp³-hybridized carbons (Fsp3) is 0.267. The lowest BCUT2D eigenvalue weighted by Gasteiger charge is -2.07. The number of rotatable bonds is 6. The number of aliphatic hydroxyl groups excluding tert-OH is 1. The molecule has 0 aliphatic rings. The topological polar surface area (TPSA) is 106 Å². The Hall–Kier alpha value is -2.10. The van der Waals surface area contributed by atoms with Crippen molar-refractivity contribution in [2.75, 3.05) is 11.6 Å². The van der Waals surface area contributed by atoms with E-state index < -0.39 is 22.9 Å². The summed E-state index contributed by atoms with van der Waals surface area (Å²) in [6, 6.07) is 5.91. The van der Waals surface area contributed by atoms with Gasteiger partial charge in [0.2, 0.25) is 0 Å². The zero-order valence-electron chi connectivity index (χ0n) is 13.0. The van der Waals surface area contributed by atoms with Crippen LogP contribution in [0.5, 0.6) is 5.75 Å². The van der Waals surface area contributed by atoms with E-state index in [9.17, 15) is 13.8 Å². The minimum Gasteiger partial charge on any atom is -0.425 e. The smallest absolute Gasteiger partial charge is 0.340 e. The molecule has 0 spiro atoms. The highest BCUT2D eigenvalue weighted by atomic mass is 32.2. The molecular formula is C15H16N2O5S2. The number of amides is 1. The van der Waals surface area contributed by atoms with Crippen molar-refractivity contribution in [3.8, 4) is 5.75 Å². The van der Waals surface area contributed by atoms with Gasteiger partial charge >= 0.3 is 5.97 Å². The van der Waals surface area contributed by atoms with Crippen LogP contribution in [0.25, 0.3) is 0 Å². The third kappa shape index (κ3) is 5.22. The Bertz CT molecular complexity index is 755. The van der Waals surface area contributed by atoms with Crippen molar-refractivity contribution in [3.05, 3.63) is 40.9 Å². The van der Waals surface area contributed by atoms with Crippen LogP contribution < -0.4 is 10.1 Å². The van der Waals surface area contributed by atoms with E-state index in [1.807, 2.05) is 0 Å². The van der Waals surface area contributed by atoms with E-state index in [1.54, 1.807) is 12.5 Å². The summed E-state index contributed by atoms with van der Waals surface area (Å²) in [5.41, 5.74) is 0.364. The second kappa shape index (κ2) is 8.13. The van der Waals surface area contributed by atoms with Crippen LogP contribution in [0, 0.1) is 0 Å². The minimum atomic E-state index is -1.22. The molecule has 9 heteroatoms. The van der Waals surface area contributed by atoms with Gasteiger partial charge in [0.25, 0.3) is 5.91 Å². The summed E-state index contributed by atoms with van der Waals surface area (Å²) in [6.07, 6.45) is 1.97. The molecule has 24 heavy (non-hydrogen) atoms. The predicted molar refractivity (Wildman–Crippen MR) is 91.6 cm³/mol. The number of nitrogens with zero attached hydrogens (tertiary/aromatic N) is 1. The van der Waals surface area contributed by atoms with Gasteiger partial charge in [0.05, 0.1) is 5.75 Å². The number of nitrogens with one attached hydrogen (secondary N) is 1. The number of ether oxygens (including phenoxy) is 1. The number of benzene rings is 1. The Labute approximate surface area is 145 Å². The Morgan fingerprint density at radius 1 is 1.38 bits per heavy atom. The van der Waals surface area contributed by atoms with Crippen molar-refractivity contribution >= 4 is 39.1 Å². The minimum absolute atomic E-state index is 0.236. The zero-order chi connectivity index (χ0) is 17.7. The van der Waals surface area contributed by atoms with Gasteiger partial charge in [-0.2, -0.15) is 0 Å². The molecule has 1 aromatic carbocycles. The summed E-state index contributed by atoms with van der Waals surface area (Å²) in [4.78, 5) is 28.3. The summed E-state index contributed by atoms with van der Waals surface area (Å²) < 4.78 is 16.1. The van der Waals surface area contributed by atoms with Gasteiger partial charge in [0.1, 0.15) is 11.9 Å². The van der Waals surface area contributed by atoms with E-state index in [0.29, 0.717) is 16.4 Å². The normalized spacial score (nSPS) is 13.1. The highest BCUT2D eigenvalue weighted by Gasteiger charge is 2.13. The number of hydrogen-bond acceptors (Lipinski definition) is 7. The maximum Gasteiger partial charge on any atom is 0.340 e. The number of esters is 1. The summed E-state index contributed by atoms with van der Waals surface area (Å²) >= 11 is 1.27. The van der Waals surface area contributed by atoms with Gasteiger partial charge in [0, 0.05) is 33.7 Å². The lowest BCUT2D eigenvalue weighted by atomic mass is 10.2. The number of aliphatic hydroxyl groups is 1. The summed E-state index contributed by atoms with van der Waals surface area (Å²) in [5.74, 6) is -0.492. The highest BCUT2D eigenvalue weighted by molar-refractivity contribution is 7.83. The fourth-order valence-corrected chi connectivity index (χ4v) is 3.49. The van der Waals surface area contributed by atoms with E-state index >= 15 is 0 Å². The summed E-state index contributed by atoms with van der Waals surface area (Å²) in [5, 5.41) is 12.2. The van der Waals surface area contributed by atoms with Gasteiger partial charge < -0.3 is 9.84 Å². The van der Waals surface area contributed by atoms with Crippen LogP contribution in [-0.2, 0) is 21.3 Å². The van der Waals surface area contributed by atoms with E-state index in [2.05, 4.69) is 10.3 Å². The Balaban J connectivity index is 1.98. The van der Waals surface area contributed by atoms with Gasteiger partial charge in [-0.3, -0.25) is 14.3 Å². The SMILES string of the molecule is C[C@H](O)C(=O)Oc1ccc(C(=O)Nc2ncc(CS(C)=O)s2)cc1. The number of carbonyl (C=O) groups is 2. The maximum atomic E-state index is 12.1. The molecule has 0 saturated carbocycles. The molecule has 0 fully saturated rings. The molecule has 0 bridgehead atoms. The number of aromatic nitrogens is 1. The van der Waals surface area contributed by atoms with E-state index in [-0.39, 0.29) is 11.7 Å². The molecule has 2 atom stereocenters. The highest BCUT2D eigenvalue weighted by Crippen LogP contribution is 2.20. The number of anilines is 1. The van der Waals surface area contributed by atoms with Crippen LogP contribution in [0.15, 0.2) is 30.5 Å². The van der Waals surface area contributed by atoms with Crippen LogP contribution in [0.2, 0.25) is 0 Å². The molecule has 0 radical (unpaired) electrons. The van der Waals surface area contributed by atoms with Crippen molar-refractivity contribution < 1.29 is 23.6 Å². The summed E-state index contributed by atoms with van der Waals surface area (Å²) in [7, 11) is -0.965. The van der Waals surface area contributed by atoms with Crippen LogP contribution >= 0.6 is 11.3 Å². The van der Waals surface area contributed by atoms with Gasteiger partial charge in [0.15, 0.2) is 5.13 Å². The lowest BCUT2D eigenvalue weighted by Crippen LogP contribution is -2.22. The van der Waals surface area contributed by atoms with E-state index in [4.69, 9.17) is 9.84 Å². The third-order valence-electron chi connectivity index (χ3n) is 2.80. The molecule has 0 aliphatic carbocycles. The van der Waals surface area contributed by atoms with Crippen molar-refractivity contribution in [2.45, 2.75) is 18.8 Å². The third-order valence-corrected chi connectivity index (χ3v) is 4.61. The van der Waals surface area contributed by atoms with Crippen molar-refractivity contribution in [2.24, 2.45) is 0 Å². The molecule has 2 rings (SSSR count). The molecular weight excluding hydrogens is 352 g/mol. The fourth-order valence-electron chi connectivity index (χ4n) is 1.68.